The molecule has 4 heterocycles. The number of rotatable bonds is 2. The van der Waals surface area contributed by atoms with Gasteiger partial charge in [0.05, 0.1) is 23.5 Å². The minimum atomic E-state index is -0.380. The minimum absolute atomic E-state index is 0.380. The molecule has 0 saturated carbocycles. The van der Waals surface area contributed by atoms with Gasteiger partial charge in [-0.3, -0.25) is 9.67 Å². The molecule has 22 heavy (non-hydrogen) atoms. The van der Waals surface area contributed by atoms with E-state index in [4.69, 9.17) is 0 Å². The van der Waals surface area contributed by atoms with Crippen LogP contribution in [0.2, 0.25) is 0 Å². The summed E-state index contributed by atoms with van der Waals surface area (Å²) in [5.41, 5.74) is 3.66. The lowest BCUT2D eigenvalue weighted by Gasteiger charge is -2.01. The van der Waals surface area contributed by atoms with E-state index in [0.29, 0.717) is 17.0 Å². The Hall–Kier alpha value is -3.09. The summed E-state index contributed by atoms with van der Waals surface area (Å²) in [6.07, 6.45) is 8.02. The van der Waals surface area contributed by atoms with Crippen molar-refractivity contribution in [3.63, 3.8) is 0 Å². The van der Waals surface area contributed by atoms with E-state index in [1.165, 1.54) is 12.3 Å². The molecule has 4 aromatic rings. The number of H-pyrrole nitrogens is 1. The molecular formula is C15H11FN6. The maximum absolute atomic E-state index is 13.4. The quantitative estimate of drug-likeness (QED) is 0.616. The first kappa shape index (κ1) is 12.6. The molecule has 0 fully saturated rings. The van der Waals surface area contributed by atoms with Crippen LogP contribution in [0.15, 0.2) is 43.1 Å². The third kappa shape index (κ3) is 2.03. The SMILES string of the molecule is Cn1cc(-c2nc3nccc(-c4cncc(F)c4)c3[nH]2)cn1. The van der Waals surface area contributed by atoms with Crippen LogP contribution in [0, 0.1) is 5.82 Å². The number of nitrogens with one attached hydrogen (secondary N) is 1. The molecule has 0 radical (unpaired) electrons. The number of hydrogen-bond donors (Lipinski definition) is 1. The fraction of sp³-hybridized carbons (Fsp3) is 0.0667. The highest BCUT2D eigenvalue weighted by molar-refractivity contribution is 5.91. The Morgan fingerprint density at radius 1 is 1.18 bits per heavy atom. The summed E-state index contributed by atoms with van der Waals surface area (Å²) in [6.45, 7) is 0. The Kier molecular flexibility index (Phi) is 2.72. The van der Waals surface area contributed by atoms with Crippen LogP contribution in [0.4, 0.5) is 4.39 Å². The van der Waals surface area contributed by atoms with E-state index >= 15 is 0 Å². The van der Waals surface area contributed by atoms with Crippen molar-refractivity contribution in [3.05, 3.63) is 48.9 Å². The normalized spacial score (nSPS) is 11.2. The Balaban J connectivity index is 1.92. The molecule has 0 aliphatic heterocycles. The Morgan fingerprint density at radius 2 is 2.09 bits per heavy atom. The van der Waals surface area contributed by atoms with Gasteiger partial charge in [0.15, 0.2) is 5.65 Å². The number of halogens is 1. The largest absolute Gasteiger partial charge is 0.336 e. The second-order valence-electron chi connectivity index (χ2n) is 4.94. The number of fused-ring (bicyclic) bond motifs is 1. The fourth-order valence-corrected chi connectivity index (χ4v) is 2.39. The Morgan fingerprint density at radius 3 is 2.86 bits per heavy atom. The van der Waals surface area contributed by atoms with Gasteiger partial charge in [0.1, 0.15) is 11.6 Å². The lowest BCUT2D eigenvalue weighted by Crippen LogP contribution is -1.86. The summed E-state index contributed by atoms with van der Waals surface area (Å²) in [5, 5.41) is 4.13. The molecule has 0 aliphatic carbocycles. The van der Waals surface area contributed by atoms with Crippen LogP contribution in [0.1, 0.15) is 0 Å². The molecule has 7 heteroatoms. The van der Waals surface area contributed by atoms with Crippen LogP contribution in [0.25, 0.3) is 33.7 Å². The average molecular weight is 294 g/mol. The van der Waals surface area contributed by atoms with Crippen LogP contribution in [0.3, 0.4) is 0 Å². The summed E-state index contributed by atoms with van der Waals surface area (Å²) >= 11 is 0. The third-order valence-corrected chi connectivity index (χ3v) is 3.39. The number of aryl methyl sites for hydroxylation is 1. The molecule has 0 spiro atoms. The molecule has 1 N–H and O–H groups in total. The zero-order chi connectivity index (χ0) is 15.1. The van der Waals surface area contributed by atoms with Crippen LogP contribution in [0.5, 0.6) is 0 Å². The standard InChI is InChI=1S/C15H11FN6/c1-22-8-10(6-19-22)14-20-13-12(2-3-18-15(13)21-14)9-4-11(16)7-17-5-9/h2-8H,1H3,(H,18,20,21). The van der Waals surface area contributed by atoms with E-state index < -0.39 is 0 Å². The van der Waals surface area contributed by atoms with E-state index in [1.807, 2.05) is 19.3 Å². The third-order valence-electron chi connectivity index (χ3n) is 3.39. The fourth-order valence-electron chi connectivity index (χ4n) is 2.39. The van der Waals surface area contributed by atoms with Gasteiger partial charge in [0.2, 0.25) is 0 Å². The minimum Gasteiger partial charge on any atom is -0.336 e. The first-order valence-electron chi connectivity index (χ1n) is 6.65. The molecule has 4 aromatic heterocycles. The van der Waals surface area contributed by atoms with E-state index in [2.05, 4.69) is 25.0 Å². The summed E-state index contributed by atoms with van der Waals surface area (Å²) in [4.78, 5) is 15.9. The van der Waals surface area contributed by atoms with Gasteiger partial charge in [-0.1, -0.05) is 0 Å². The zero-order valence-corrected chi connectivity index (χ0v) is 11.7. The van der Waals surface area contributed by atoms with Crippen molar-refractivity contribution >= 4 is 11.2 Å². The zero-order valence-electron chi connectivity index (χ0n) is 11.7. The topological polar surface area (TPSA) is 72.3 Å². The van der Waals surface area contributed by atoms with Crippen molar-refractivity contribution in [1.29, 1.82) is 0 Å². The molecule has 6 nitrogen and oxygen atoms in total. The molecule has 0 unspecified atom stereocenters. The van der Waals surface area contributed by atoms with Crippen molar-refractivity contribution in [2.24, 2.45) is 7.05 Å². The van der Waals surface area contributed by atoms with Gasteiger partial charge in [0.25, 0.3) is 0 Å². The lowest BCUT2D eigenvalue weighted by atomic mass is 10.1. The number of aromatic nitrogens is 6. The lowest BCUT2D eigenvalue weighted by molar-refractivity contribution is 0.622. The van der Waals surface area contributed by atoms with Gasteiger partial charge in [-0.15, -0.1) is 0 Å². The molecule has 0 aromatic carbocycles. The smallest absolute Gasteiger partial charge is 0.178 e. The summed E-state index contributed by atoms with van der Waals surface area (Å²) < 4.78 is 15.1. The summed E-state index contributed by atoms with van der Waals surface area (Å²) in [7, 11) is 1.84. The average Bonchev–Trinajstić information content (AvgIpc) is 3.12. The predicted octanol–water partition coefficient (Wildman–Crippen LogP) is 2.56. The van der Waals surface area contributed by atoms with Gasteiger partial charge in [-0.2, -0.15) is 5.10 Å². The van der Waals surface area contributed by atoms with Crippen molar-refractivity contribution in [2.75, 3.05) is 0 Å². The first-order valence-corrected chi connectivity index (χ1v) is 6.65. The Labute approximate surface area is 124 Å². The van der Waals surface area contributed by atoms with Crippen molar-refractivity contribution < 1.29 is 4.39 Å². The van der Waals surface area contributed by atoms with Gasteiger partial charge in [-0.25, -0.2) is 14.4 Å². The van der Waals surface area contributed by atoms with Crippen LogP contribution in [-0.4, -0.2) is 29.7 Å². The molecule has 108 valence electrons. The van der Waals surface area contributed by atoms with Gasteiger partial charge in [-0.05, 0) is 12.1 Å². The molecule has 0 atom stereocenters. The van der Waals surface area contributed by atoms with Crippen LogP contribution < -0.4 is 0 Å². The van der Waals surface area contributed by atoms with Crippen molar-refractivity contribution in [1.82, 2.24) is 29.7 Å². The molecule has 0 amide bonds. The molecular weight excluding hydrogens is 283 g/mol. The van der Waals surface area contributed by atoms with Gasteiger partial charge < -0.3 is 4.98 Å². The second-order valence-corrected chi connectivity index (χ2v) is 4.94. The predicted molar refractivity (Wildman–Crippen MR) is 79.3 cm³/mol. The van der Waals surface area contributed by atoms with Crippen molar-refractivity contribution in [3.8, 4) is 22.5 Å². The maximum atomic E-state index is 13.4. The monoisotopic (exact) mass is 294 g/mol. The first-order chi connectivity index (χ1) is 10.7. The highest BCUT2D eigenvalue weighted by Gasteiger charge is 2.12. The van der Waals surface area contributed by atoms with Gasteiger partial charge >= 0.3 is 0 Å². The summed E-state index contributed by atoms with van der Waals surface area (Å²) in [6, 6.07) is 3.25. The number of imidazole rings is 1. The van der Waals surface area contributed by atoms with Gasteiger partial charge in [0, 0.05) is 36.8 Å². The number of nitrogens with zero attached hydrogens (tertiary/aromatic N) is 5. The molecule has 0 saturated heterocycles. The molecule has 4 rings (SSSR count). The van der Waals surface area contributed by atoms with Crippen molar-refractivity contribution in [2.45, 2.75) is 0 Å². The highest BCUT2D eigenvalue weighted by Crippen LogP contribution is 2.28. The highest BCUT2D eigenvalue weighted by atomic mass is 19.1. The number of hydrogen-bond acceptors (Lipinski definition) is 4. The maximum Gasteiger partial charge on any atom is 0.178 e. The van der Waals surface area contributed by atoms with E-state index in [9.17, 15) is 4.39 Å². The van der Waals surface area contributed by atoms with Crippen LogP contribution in [-0.2, 0) is 7.05 Å². The number of aromatic amines is 1. The van der Waals surface area contributed by atoms with E-state index in [1.54, 1.807) is 23.3 Å². The summed E-state index contributed by atoms with van der Waals surface area (Å²) in [5.74, 6) is 0.293. The molecule has 0 aliphatic rings. The second kappa shape index (κ2) is 4.73. The van der Waals surface area contributed by atoms with Crippen LogP contribution >= 0.6 is 0 Å². The van der Waals surface area contributed by atoms with E-state index in [0.717, 1.165) is 16.6 Å². The molecule has 0 bridgehead atoms. The number of pyridine rings is 2. The Bertz CT molecular complexity index is 971. The van der Waals surface area contributed by atoms with E-state index in [-0.39, 0.29) is 5.82 Å².